The van der Waals surface area contributed by atoms with Gasteiger partial charge in [-0.05, 0) is 53.5 Å². The highest BCUT2D eigenvalue weighted by Crippen LogP contribution is 2.32. The lowest BCUT2D eigenvalue weighted by Gasteiger charge is -2.31. The number of nitrogens with zero attached hydrogens (tertiary/aromatic N) is 6. The molecule has 1 saturated heterocycles. The van der Waals surface area contributed by atoms with Crippen LogP contribution < -0.4 is 10.2 Å². The minimum atomic E-state index is -0.425. The Hall–Kier alpha value is -3.82. The highest BCUT2D eigenvalue weighted by atomic mass is 16.6. The number of piperidine rings is 1. The average molecular weight is 421 g/mol. The number of carbonyl (C=O) groups is 1. The number of nitrogens with one attached hydrogen (secondary N) is 1. The summed E-state index contributed by atoms with van der Waals surface area (Å²) < 4.78 is 1.53. The Balaban J connectivity index is 1.56. The van der Waals surface area contributed by atoms with E-state index in [9.17, 15) is 14.9 Å². The molecule has 1 amide bonds. The molecule has 0 spiro atoms. The maximum atomic E-state index is 12.8. The van der Waals surface area contributed by atoms with Crippen molar-refractivity contribution < 1.29 is 9.72 Å². The van der Waals surface area contributed by atoms with Crippen LogP contribution in [0.4, 0.5) is 17.1 Å². The number of hydrogen-bond acceptors (Lipinski definition) is 7. The van der Waals surface area contributed by atoms with Crippen LogP contribution in [0.15, 0.2) is 42.5 Å². The number of nitro groups is 1. The molecule has 0 aliphatic carbocycles. The zero-order valence-electron chi connectivity index (χ0n) is 17.4. The smallest absolute Gasteiger partial charge is 0.293 e. The maximum Gasteiger partial charge on any atom is 0.293 e. The molecule has 0 saturated carbocycles. The summed E-state index contributed by atoms with van der Waals surface area (Å²) in [6.45, 7) is 3.74. The lowest BCUT2D eigenvalue weighted by molar-refractivity contribution is -0.384. The van der Waals surface area contributed by atoms with Crippen LogP contribution in [0.3, 0.4) is 0 Å². The van der Waals surface area contributed by atoms with E-state index >= 15 is 0 Å². The number of nitro benzene ring substituents is 1. The summed E-state index contributed by atoms with van der Waals surface area (Å²) in [6, 6.07) is 11.8. The molecule has 1 aliphatic heterocycles. The van der Waals surface area contributed by atoms with E-state index in [1.54, 1.807) is 37.4 Å². The van der Waals surface area contributed by atoms with Crippen molar-refractivity contribution in [3.63, 3.8) is 0 Å². The van der Waals surface area contributed by atoms with E-state index < -0.39 is 10.8 Å². The fourth-order valence-electron chi connectivity index (χ4n) is 3.74. The highest BCUT2D eigenvalue weighted by Gasteiger charge is 2.25. The monoisotopic (exact) mass is 421 g/mol. The summed E-state index contributed by atoms with van der Waals surface area (Å²) in [6.07, 6.45) is 1.99. The van der Waals surface area contributed by atoms with E-state index in [1.807, 2.05) is 11.0 Å². The van der Waals surface area contributed by atoms with Gasteiger partial charge in [-0.25, -0.2) is 4.68 Å². The Morgan fingerprint density at radius 2 is 1.97 bits per heavy atom. The van der Waals surface area contributed by atoms with Crippen LogP contribution >= 0.6 is 0 Å². The topological polar surface area (TPSA) is 119 Å². The zero-order valence-corrected chi connectivity index (χ0v) is 17.4. The SMILES string of the molecule is CC1CCN(c2ccc(C(=O)Nc3cccc(-c4nnnn4C)c3)cc2[N+](=O)[O-])CC1. The minimum Gasteiger partial charge on any atom is -0.366 e. The van der Waals surface area contributed by atoms with Gasteiger partial charge in [0.15, 0.2) is 5.82 Å². The van der Waals surface area contributed by atoms with Gasteiger partial charge in [0, 0.05) is 43.0 Å². The molecule has 0 bridgehead atoms. The van der Waals surface area contributed by atoms with Gasteiger partial charge in [-0.2, -0.15) is 0 Å². The molecule has 0 atom stereocenters. The van der Waals surface area contributed by atoms with E-state index in [0.29, 0.717) is 23.1 Å². The molecular formula is C21H23N7O3. The molecular weight excluding hydrogens is 398 g/mol. The summed E-state index contributed by atoms with van der Waals surface area (Å²) in [5.74, 6) is 0.760. The Labute approximate surface area is 179 Å². The zero-order chi connectivity index (χ0) is 22.0. The van der Waals surface area contributed by atoms with Crippen LogP contribution in [0, 0.1) is 16.0 Å². The number of amides is 1. The van der Waals surface area contributed by atoms with Crippen molar-refractivity contribution in [3.8, 4) is 11.4 Å². The Bertz CT molecular complexity index is 1120. The van der Waals surface area contributed by atoms with Crippen LogP contribution in [0.25, 0.3) is 11.4 Å². The van der Waals surface area contributed by atoms with Crippen molar-refractivity contribution in [2.24, 2.45) is 13.0 Å². The minimum absolute atomic E-state index is 0.0545. The van der Waals surface area contributed by atoms with Crippen LogP contribution in [-0.2, 0) is 7.05 Å². The third-order valence-electron chi connectivity index (χ3n) is 5.56. The number of hydrogen-bond donors (Lipinski definition) is 1. The predicted octanol–water partition coefficient (Wildman–Crippen LogP) is 3.27. The molecule has 2 heterocycles. The second-order valence-corrected chi connectivity index (χ2v) is 7.79. The van der Waals surface area contributed by atoms with Crippen LogP contribution in [-0.4, -0.2) is 44.1 Å². The third-order valence-corrected chi connectivity index (χ3v) is 5.56. The van der Waals surface area contributed by atoms with Crippen molar-refractivity contribution in [2.45, 2.75) is 19.8 Å². The Morgan fingerprint density at radius 3 is 2.65 bits per heavy atom. The number of tetrazole rings is 1. The van der Waals surface area contributed by atoms with Crippen molar-refractivity contribution >= 4 is 23.0 Å². The second-order valence-electron chi connectivity index (χ2n) is 7.79. The normalized spacial score (nSPS) is 14.5. The summed E-state index contributed by atoms with van der Waals surface area (Å²) >= 11 is 0. The summed E-state index contributed by atoms with van der Waals surface area (Å²) in [5.41, 5.74) is 2.02. The second kappa shape index (κ2) is 8.50. The van der Waals surface area contributed by atoms with Gasteiger partial charge in [-0.15, -0.1) is 5.10 Å². The van der Waals surface area contributed by atoms with Crippen LogP contribution in [0.1, 0.15) is 30.1 Å². The first kappa shape index (κ1) is 20.5. The third kappa shape index (κ3) is 4.37. The van der Waals surface area contributed by atoms with Crippen molar-refractivity contribution in [1.29, 1.82) is 0 Å². The van der Waals surface area contributed by atoms with Gasteiger partial charge in [-0.3, -0.25) is 14.9 Å². The quantitative estimate of drug-likeness (QED) is 0.496. The highest BCUT2D eigenvalue weighted by molar-refractivity contribution is 6.05. The molecule has 4 rings (SSSR count). The summed E-state index contributed by atoms with van der Waals surface area (Å²) in [5, 5.41) is 25.9. The van der Waals surface area contributed by atoms with E-state index in [4.69, 9.17) is 0 Å². The lowest BCUT2D eigenvalue weighted by atomic mass is 9.98. The van der Waals surface area contributed by atoms with E-state index in [0.717, 1.165) is 31.5 Å². The van der Waals surface area contributed by atoms with Gasteiger partial charge >= 0.3 is 0 Å². The van der Waals surface area contributed by atoms with E-state index in [-0.39, 0.29) is 11.3 Å². The van der Waals surface area contributed by atoms with Gasteiger partial charge in [0.25, 0.3) is 11.6 Å². The Kier molecular flexibility index (Phi) is 5.61. The first-order valence-electron chi connectivity index (χ1n) is 10.1. The molecule has 1 aliphatic rings. The molecule has 1 N–H and O–H groups in total. The fourth-order valence-corrected chi connectivity index (χ4v) is 3.74. The first-order chi connectivity index (χ1) is 14.9. The van der Waals surface area contributed by atoms with E-state index in [2.05, 4.69) is 27.8 Å². The predicted molar refractivity (Wildman–Crippen MR) is 116 cm³/mol. The van der Waals surface area contributed by atoms with Gasteiger partial charge in [0.05, 0.1) is 4.92 Å². The number of benzene rings is 2. The maximum absolute atomic E-state index is 12.8. The van der Waals surface area contributed by atoms with Crippen molar-refractivity contribution in [3.05, 3.63) is 58.1 Å². The molecule has 1 aromatic heterocycles. The molecule has 3 aromatic rings. The Morgan fingerprint density at radius 1 is 1.19 bits per heavy atom. The molecule has 160 valence electrons. The number of aromatic nitrogens is 4. The molecule has 10 heteroatoms. The van der Waals surface area contributed by atoms with Crippen LogP contribution in [0.5, 0.6) is 0 Å². The van der Waals surface area contributed by atoms with Crippen molar-refractivity contribution in [1.82, 2.24) is 20.2 Å². The van der Waals surface area contributed by atoms with Gasteiger partial charge in [-0.1, -0.05) is 19.1 Å². The molecule has 2 aromatic carbocycles. The molecule has 31 heavy (non-hydrogen) atoms. The van der Waals surface area contributed by atoms with Crippen molar-refractivity contribution in [2.75, 3.05) is 23.3 Å². The van der Waals surface area contributed by atoms with Gasteiger partial charge < -0.3 is 10.2 Å². The number of carbonyl (C=O) groups excluding carboxylic acids is 1. The molecule has 0 unspecified atom stereocenters. The molecule has 10 nitrogen and oxygen atoms in total. The number of aryl methyl sites for hydroxylation is 1. The molecule has 1 fully saturated rings. The van der Waals surface area contributed by atoms with Gasteiger partial charge in [0.2, 0.25) is 0 Å². The largest absolute Gasteiger partial charge is 0.366 e. The number of rotatable bonds is 5. The fraction of sp³-hybridized carbons (Fsp3) is 0.333. The summed E-state index contributed by atoms with van der Waals surface area (Å²) in [7, 11) is 1.73. The van der Waals surface area contributed by atoms with E-state index in [1.165, 1.54) is 10.7 Å². The van der Waals surface area contributed by atoms with Gasteiger partial charge in [0.1, 0.15) is 5.69 Å². The summed E-state index contributed by atoms with van der Waals surface area (Å²) in [4.78, 5) is 26.1. The molecule has 0 radical (unpaired) electrons. The first-order valence-corrected chi connectivity index (χ1v) is 10.1. The number of anilines is 2. The van der Waals surface area contributed by atoms with Crippen LogP contribution in [0.2, 0.25) is 0 Å². The lowest BCUT2D eigenvalue weighted by Crippen LogP contribution is -2.33. The average Bonchev–Trinajstić information content (AvgIpc) is 3.20. The standard InChI is InChI=1S/C21H23N7O3/c1-14-8-10-27(11-9-14)18-7-6-16(13-19(18)28(30)31)21(29)22-17-5-3-4-15(12-17)20-23-24-25-26(20)2/h3-7,12-14H,8-11H2,1-2H3,(H,22,29).